The molecule has 1 saturated heterocycles. The van der Waals surface area contributed by atoms with Crippen molar-refractivity contribution in [2.45, 2.75) is 12.8 Å². The zero-order valence-corrected chi connectivity index (χ0v) is 14.7. The number of urea groups is 1. The number of fused-ring (bicyclic) bond motifs is 1. The highest BCUT2D eigenvalue weighted by Crippen LogP contribution is 2.17. The molecule has 3 rings (SSSR count). The number of rotatable bonds is 7. The van der Waals surface area contributed by atoms with Crippen molar-refractivity contribution in [3.8, 4) is 0 Å². The molecule has 1 fully saturated rings. The van der Waals surface area contributed by atoms with Crippen molar-refractivity contribution in [3.05, 3.63) is 36.5 Å². The van der Waals surface area contributed by atoms with Gasteiger partial charge in [0, 0.05) is 50.6 Å². The van der Waals surface area contributed by atoms with Crippen molar-refractivity contribution in [1.82, 2.24) is 15.2 Å². The van der Waals surface area contributed by atoms with Crippen LogP contribution in [0.4, 0.5) is 10.5 Å². The van der Waals surface area contributed by atoms with Gasteiger partial charge in [0.1, 0.15) is 0 Å². The zero-order valence-electron chi connectivity index (χ0n) is 14.7. The largest absolute Gasteiger partial charge is 0.385 e. The van der Waals surface area contributed by atoms with E-state index < -0.39 is 0 Å². The number of aromatic nitrogens is 1. The predicted molar refractivity (Wildman–Crippen MR) is 99.8 cm³/mol. The Morgan fingerprint density at radius 3 is 3.20 bits per heavy atom. The quantitative estimate of drug-likeness (QED) is 0.759. The van der Waals surface area contributed by atoms with Crippen LogP contribution in [0.5, 0.6) is 0 Å². The van der Waals surface area contributed by atoms with Crippen LogP contribution in [0.3, 0.4) is 0 Å². The zero-order chi connectivity index (χ0) is 17.5. The first-order chi connectivity index (χ1) is 12.2. The van der Waals surface area contributed by atoms with Crippen LogP contribution in [0.1, 0.15) is 12.8 Å². The standard InChI is InChI=1S/C19H26N4O2/c1-25-11-3-9-23-10-7-15(14-23)13-21-19(24)22-17-6-5-16-4-2-8-20-18(16)12-17/h2,4-6,8,12,15H,3,7,9-11,13-14H2,1H3,(H2,21,22,24)/t15-/m0/s1. The predicted octanol–water partition coefficient (Wildman–Crippen LogP) is 2.71. The molecule has 1 aliphatic heterocycles. The first-order valence-electron chi connectivity index (χ1n) is 8.85. The highest BCUT2D eigenvalue weighted by Gasteiger charge is 2.22. The van der Waals surface area contributed by atoms with Crippen LogP contribution in [0.15, 0.2) is 36.5 Å². The van der Waals surface area contributed by atoms with Gasteiger partial charge in [-0.25, -0.2) is 4.79 Å². The molecule has 0 saturated carbocycles. The third-order valence-corrected chi connectivity index (χ3v) is 4.61. The fourth-order valence-electron chi connectivity index (χ4n) is 3.27. The van der Waals surface area contributed by atoms with Crippen molar-refractivity contribution in [2.24, 2.45) is 5.92 Å². The second-order valence-electron chi connectivity index (χ2n) is 6.55. The molecule has 2 aromatic rings. The van der Waals surface area contributed by atoms with E-state index in [1.54, 1.807) is 13.3 Å². The number of hydrogen-bond donors (Lipinski definition) is 2. The molecule has 134 valence electrons. The van der Waals surface area contributed by atoms with Gasteiger partial charge < -0.3 is 20.3 Å². The number of likely N-dealkylation sites (tertiary alicyclic amines) is 1. The van der Waals surface area contributed by atoms with Gasteiger partial charge in [0.2, 0.25) is 0 Å². The molecule has 2 heterocycles. The molecular formula is C19H26N4O2. The van der Waals surface area contributed by atoms with E-state index in [4.69, 9.17) is 4.74 Å². The van der Waals surface area contributed by atoms with Gasteiger partial charge in [-0.1, -0.05) is 12.1 Å². The van der Waals surface area contributed by atoms with Crippen molar-refractivity contribution in [3.63, 3.8) is 0 Å². The average molecular weight is 342 g/mol. The average Bonchev–Trinajstić information content (AvgIpc) is 3.08. The Bertz CT molecular complexity index is 707. The molecule has 0 unspecified atom stereocenters. The van der Waals surface area contributed by atoms with E-state index >= 15 is 0 Å². The van der Waals surface area contributed by atoms with E-state index in [0.29, 0.717) is 12.5 Å². The van der Waals surface area contributed by atoms with Gasteiger partial charge in [0.15, 0.2) is 0 Å². The van der Waals surface area contributed by atoms with Crippen LogP contribution in [0.25, 0.3) is 10.9 Å². The Balaban J connectivity index is 1.42. The lowest BCUT2D eigenvalue weighted by molar-refractivity contribution is 0.178. The lowest BCUT2D eigenvalue weighted by atomic mass is 10.1. The summed E-state index contributed by atoms with van der Waals surface area (Å²) >= 11 is 0. The number of pyridine rings is 1. The Labute approximate surface area is 148 Å². The summed E-state index contributed by atoms with van der Waals surface area (Å²) in [6, 6.07) is 9.51. The van der Waals surface area contributed by atoms with Crippen molar-refractivity contribution < 1.29 is 9.53 Å². The van der Waals surface area contributed by atoms with Crippen molar-refractivity contribution in [1.29, 1.82) is 0 Å². The minimum Gasteiger partial charge on any atom is -0.385 e. The molecule has 0 bridgehead atoms. The van der Waals surface area contributed by atoms with Crippen LogP contribution < -0.4 is 10.6 Å². The van der Waals surface area contributed by atoms with Crippen molar-refractivity contribution >= 4 is 22.6 Å². The Morgan fingerprint density at radius 2 is 2.32 bits per heavy atom. The maximum atomic E-state index is 12.1. The molecule has 1 atom stereocenters. The second kappa shape index (κ2) is 8.78. The van der Waals surface area contributed by atoms with Gasteiger partial charge >= 0.3 is 6.03 Å². The highest BCUT2D eigenvalue weighted by molar-refractivity contribution is 5.92. The number of methoxy groups -OCH3 is 1. The van der Waals surface area contributed by atoms with E-state index in [-0.39, 0.29) is 6.03 Å². The highest BCUT2D eigenvalue weighted by atomic mass is 16.5. The van der Waals surface area contributed by atoms with Gasteiger partial charge in [0.25, 0.3) is 0 Å². The topological polar surface area (TPSA) is 66.5 Å². The molecule has 1 aromatic heterocycles. The fourth-order valence-corrected chi connectivity index (χ4v) is 3.27. The van der Waals surface area contributed by atoms with Gasteiger partial charge in [-0.3, -0.25) is 4.98 Å². The molecule has 0 radical (unpaired) electrons. The third-order valence-electron chi connectivity index (χ3n) is 4.61. The number of hydrogen-bond acceptors (Lipinski definition) is 4. The maximum absolute atomic E-state index is 12.1. The molecule has 25 heavy (non-hydrogen) atoms. The van der Waals surface area contributed by atoms with Crippen molar-refractivity contribution in [2.75, 3.05) is 45.2 Å². The van der Waals surface area contributed by atoms with E-state index in [1.165, 1.54) is 0 Å². The normalized spacial score (nSPS) is 17.7. The van der Waals surface area contributed by atoms with Crippen LogP contribution in [0, 0.1) is 5.92 Å². The van der Waals surface area contributed by atoms with Crippen LogP contribution >= 0.6 is 0 Å². The summed E-state index contributed by atoms with van der Waals surface area (Å²) in [5, 5.41) is 6.94. The number of amides is 2. The Kier molecular flexibility index (Phi) is 6.19. The number of ether oxygens (including phenoxy) is 1. The Hall–Kier alpha value is -2.18. The van der Waals surface area contributed by atoms with Gasteiger partial charge in [0.05, 0.1) is 5.52 Å². The maximum Gasteiger partial charge on any atom is 0.319 e. The number of nitrogens with one attached hydrogen (secondary N) is 2. The first-order valence-corrected chi connectivity index (χ1v) is 8.85. The van der Waals surface area contributed by atoms with Gasteiger partial charge in [-0.05, 0) is 43.5 Å². The second-order valence-corrected chi connectivity index (χ2v) is 6.55. The van der Waals surface area contributed by atoms with Crippen LogP contribution in [-0.4, -0.2) is 55.8 Å². The molecule has 1 aromatic carbocycles. The SMILES string of the molecule is COCCCN1CC[C@@H](CNC(=O)Nc2ccc3cccnc3c2)C1. The molecule has 1 aliphatic rings. The first kappa shape index (κ1) is 17.6. The molecular weight excluding hydrogens is 316 g/mol. The molecule has 0 spiro atoms. The van der Waals surface area contributed by atoms with Crippen LogP contribution in [-0.2, 0) is 4.74 Å². The van der Waals surface area contributed by atoms with Crippen LogP contribution in [0.2, 0.25) is 0 Å². The molecule has 6 nitrogen and oxygen atoms in total. The molecule has 6 heteroatoms. The van der Waals surface area contributed by atoms with Gasteiger partial charge in [-0.2, -0.15) is 0 Å². The monoisotopic (exact) mass is 342 g/mol. The van der Waals surface area contributed by atoms with E-state index in [9.17, 15) is 4.79 Å². The van der Waals surface area contributed by atoms with E-state index in [2.05, 4.69) is 20.5 Å². The van der Waals surface area contributed by atoms with Gasteiger partial charge in [-0.15, -0.1) is 0 Å². The Morgan fingerprint density at radius 1 is 1.40 bits per heavy atom. The molecule has 2 N–H and O–H groups in total. The fraction of sp³-hybridized carbons (Fsp3) is 0.474. The summed E-state index contributed by atoms with van der Waals surface area (Å²) in [5.41, 5.74) is 1.64. The number of carbonyl (C=O) groups excluding carboxylic acids is 1. The summed E-state index contributed by atoms with van der Waals surface area (Å²) in [6.45, 7) is 4.74. The number of benzene rings is 1. The van der Waals surface area contributed by atoms with E-state index in [1.807, 2.05) is 30.3 Å². The summed E-state index contributed by atoms with van der Waals surface area (Å²) in [5.74, 6) is 0.520. The molecule has 2 amide bonds. The summed E-state index contributed by atoms with van der Waals surface area (Å²) in [7, 11) is 1.74. The number of nitrogens with zero attached hydrogens (tertiary/aromatic N) is 2. The smallest absolute Gasteiger partial charge is 0.319 e. The lowest BCUT2D eigenvalue weighted by Gasteiger charge is -2.16. The number of anilines is 1. The van der Waals surface area contributed by atoms with E-state index in [0.717, 1.165) is 55.7 Å². The minimum atomic E-state index is -0.159. The third kappa shape index (κ3) is 5.14. The number of carbonyl (C=O) groups is 1. The minimum absolute atomic E-state index is 0.159. The summed E-state index contributed by atoms with van der Waals surface area (Å²) < 4.78 is 5.09. The molecule has 0 aliphatic carbocycles. The summed E-state index contributed by atoms with van der Waals surface area (Å²) in [4.78, 5) is 18.9. The lowest BCUT2D eigenvalue weighted by Crippen LogP contribution is -2.34. The summed E-state index contributed by atoms with van der Waals surface area (Å²) in [6.07, 6.45) is 3.95.